The first-order valence-electron chi connectivity index (χ1n) is 10.9. The Hall–Kier alpha value is -2.38. The van der Waals surface area contributed by atoms with Gasteiger partial charge in [0.1, 0.15) is 11.4 Å². The molecule has 1 aromatic heterocycles. The molecule has 0 bridgehead atoms. The molecule has 0 unspecified atom stereocenters. The minimum Gasteiger partial charge on any atom is -0.493 e. The number of likely N-dealkylation sites (tertiary alicyclic amines) is 1. The summed E-state index contributed by atoms with van der Waals surface area (Å²) >= 11 is 0. The van der Waals surface area contributed by atoms with Gasteiger partial charge in [0.2, 0.25) is 0 Å². The summed E-state index contributed by atoms with van der Waals surface area (Å²) in [6, 6.07) is 10.3. The fourth-order valence-electron chi connectivity index (χ4n) is 4.28. The third kappa shape index (κ3) is 5.21. The van der Waals surface area contributed by atoms with Crippen LogP contribution in [0.4, 0.5) is 0 Å². The zero-order valence-corrected chi connectivity index (χ0v) is 18.0. The van der Waals surface area contributed by atoms with Gasteiger partial charge in [0.15, 0.2) is 0 Å². The average molecular weight is 413 g/mol. The van der Waals surface area contributed by atoms with Crippen LogP contribution in [0.25, 0.3) is 0 Å². The number of aromatic nitrogens is 2. The summed E-state index contributed by atoms with van der Waals surface area (Å²) < 4.78 is 13.1. The van der Waals surface area contributed by atoms with E-state index in [-0.39, 0.29) is 5.91 Å². The predicted octanol–water partition coefficient (Wildman–Crippen LogP) is 2.49. The number of carbonyl (C=O) groups is 1. The second-order valence-electron chi connectivity index (χ2n) is 8.40. The predicted molar refractivity (Wildman–Crippen MR) is 115 cm³/mol. The van der Waals surface area contributed by atoms with Gasteiger partial charge in [0, 0.05) is 45.7 Å². The van der Waals surface area contributed by atoms with Gasteiger partial charge >= 0.3 is 0 Å². The number of piperidine rings is 1. The highest BCUT2D eigenvalue weighted by Gasteiger charge is 2.26. The van der Waals surface area contributed by atoms with E-state index in [1.807, 2.05) is 24.9 Å². The molecule has 7 nitrogen and oxygen atoms in total. The molecule has 4 rings (SSSR count). The number of benzene rings is 1. The number of hydrogen-bond donors (Lipinski definition) is 0. The van der Waals surface area contributed by atoms with Crippen LogP contribution in [0.3, 0.4) is 0 Å². The number of ether oxygens (including phenoxy) is 2. The molecule has 0 N–H and O–H groups in total. The summed E-state index contributed by atoms with van der Waals surface area (Å²) in [4.78, 5) is 17.2. The molecule has 2 fully saturated rings. The largest absolute Gasteiger partial charge is 0.493 e. The molecular formula is C23H32N4O3. The molecule has 2 aliphatic rings. The zero-order chi connectivity index (χ0) is 20.9. The van der Waals surface area contributed by atoms with E-state index in [1.54, 1.807) is 4.68 Å². The molecule has 1 amide bonds. The summed E-state index contributed by atoms with van der Waals surface area (Å²) in [5.74, 6) is 1.31. The van der Waals surface area contributed by atoms with Crippen molar-refractivity contribution in [2.45, 2.75) is 26.3 Å². The van der Waals surface area contributed by atoms with Crippen molar-refractivity contribution < 1.29 is 14.3 Å². The van der Waals surface area contributed by atoms with Crippen molar-refractivity contribution in [2.24, 2.45) is 13.0 Å². The Labute approximate surface area is 178 Å². The lowest BCUT2D eigenvalue weighted by Crippen LogP contribution is -2.42. The van der Waals surface area contributed by atoms with Crippen molar-refractivity contribution in [3.05, 3.63) is 47.3 Å². The van der Waals surface area contributed by atoms with E-state index in [9.17, 15) is 4.79 Å². The van der Waals surface area contributed by atoms with E-state index in [4.69, 9.17) is 9.47 Å². The fourth-order valence-corrected chi connectivity index (χ4v) is 4.28. The number of aryl methyl sites for hydroxylation is 2. The Kier molecular flexibility index (Phi) is 6.69. The monoisotopic (exact) mass is 412 g/mol. The first-order valence-corrected chi connectivity index (χ1v) is 10.9. The topological polar surface area (TPSA) is 59.8 Å². The van der Waals surface area contributed by atoms with E-state index < -0.39 is 0 Å². The zero-order valence-electron chi connectivity index (χ0n) is 18.0. The van der Waals surface area contributed by atoms with E-state index in [0.717, 1.165) is 70.2 Å². The van der Waals surface area contributed by atoms with E-state index in [2.05, 4.69) is 34.3 Å². The lowest BCUT2D eigenvalue weighted by Gasteiger charge is -2.32. The van der Waals surface area contributed by atoms with E-state index in [0.29, 0.717) is 18.2 Å². The van der Waals surface area contributed by atoms with Gasteiger partial charge < -0.3 is 14.4 Å². The summed E-state index contributed by atoms with van der Waals surface area (Å²) in [5.41, 5.74) is 2.82. The molecule has 1 atom stereocenters. The second-order valence-corrected chi connectivity index (χ2v) is 8.40. The smallest absolute Gasteiger partial charge is 0.272 e. The van der Waals surface area contributed by atoms with Crippen LogP contribution in [0.1, 0.15) is 34.6 Å². The lowest BCUT2D eigenvalue weighted by molar-refractivity contribution is 0.0342. The van der Waals surface area contributed by atoms with Crippen molar-refractivity contribution >= 4 is 5.91 Å². The van der Waals surface area contributed by atoms with Gasteiger partial charge in [-0.15, -0.1) is 0 Å². The fraction of sp³-hybridized carbons (Fsp3) is 0.565. The Bertz CT molecular complexity index is 843. The molecule has 0 radical (unpaired) electrons. The third-order valence-corrected chi connectivity index (χ3v) is 5.95. The average Bonchev–Trinajstić information content (AvgIpc) is 3.11. The first-order chi connectivity index (χ1) is 14.6. The SMILES string of the molecule is Cc1cc(C(=O)N2CCC[C@H](COc3ccc(CN4CCOCC4)cc3)C2)n(C)n1. The molecule has 2 aromatic rings. The molecule has 2 saturated heterocycles. The van der Waals surface area contributed by atoms with Crippen molar-refractivity contribution in [2.75, 3.05) is 46.0 Å². The molecule has 7 heteroatoms. The molecular weight excluding hydrogens is 380 g/mol. The quantitative estimate of drug-likeness (QED) is 0.730. The van der Waals surface area contributed by atoms with E-state index in [1.165, 1.54) is 5.56 Å². The van der Waals surface area contributed by atoms with Gasteiger partial charge in [0.05, 0.1) is 25.5 Å². The Morgan fingerprint density at radius 2 is 1.97 bits per heavy atom. The van der Waals surface area contributed by atoms with Crippen LogP contribution in [0.2, 0.25) is 0 Å². The van der Waals surface area contributed by atoms with Crippen LogP contribution >= 0.6 is 0 Å². The molecule has 0 saturated carbocycles. The van der Waals surface area contributed by atoms with Crippen molar-refractivity contribution in [1.82, 2.24) is 19.6 Å². The minimum atomic E-state index is 0.0651. The highest BCUT2D eigenvalue weighted by molar-refractivity contribution is 5.92. The molecule has 0 spiro atoms. The van der Waals surface area contributed by atoms with Crippen LogP contribution in [-0.4, -0.2) is 71.5 Å². The normalized spacial score (nSPS) is 20.3. The van der Waals surface area contributed by atoms with Crippen LogP contribution in [0, 0.1) is 12.8 Å². The Morgan fingerprint density at radius 3 is 2.67 bits per heavy atom. The highest BCUT2D eigenvalue weighted by Crippen LogP contribution is 2.21. The summed E-state index contributed by atoms with van der Waals surface area (Å²) in [7, 11) is 1.83. The van der Waals surface area contributed by atoms with Crippen LogP contribution in [0.15, 0.2) is 30.3 Å². The van der Waals surface area contributed by atoms with Gasteiger partial charge in [-0.2, -0.15) is 5.10 Å². The van der Waals surface area contributed by atoms with Gasteiger partial charge in [-0.1, -0.05) is 12.1 Å². The maximum Gasteiger partial charge on any atom is 0.272 e. The van der Waals surface area contributed by atoms with Gasteiger partial charge in [-0.25, -0.2) is 0 Å². The molecule has 0 aliphatic carbocycles. The number of hydrogen-bond acceptors (Lipinski definition) is 5. The van der Waals surface area contributed by atoms with Crippen molar-refractivity contribution in [3.63, 3.8) is 0 Å². The summed E-state index contributed by atoms with van der Waals surface area (Å²) in [6.45, 7) is 8.67. The third-order valence-electron chi connectivity index (χ3n) is 5.95. The van der Waals surface area contributed by atoms with Gasteiger partial charge in [-0.3, -0.25) is 14.4 Å². The van der Waals surface area contributed by atoms with Crippen LogP contribution in [0.5, 0.6) is 5.75 Å². The summed E-state index contributed by atoms with van der Waals surface area (Å²) in [6.07, 6.45) is 2.10. The van der Waals surface area contributed by atoms with Gasteiger partial charge in [-0.05, 0) is 43.5 Å². The minimum absolute atomic E-state index is 0.0651. The Morgan fingerprint density at radius 1 is 1.20 bits per heavy atom. The number of nitrogens with zero attached hydrogens (tertiary/aromatic N) is 4. The molecule has 3 heterocycles. The maximum absolute atomic E-state index is 12.9. The van der Waals surface area contributed by atoms with Gasteiger partial charge in [0.25, 0.3) is 5.91 Å². The lowest BCUT2D eigenvalue weighted by atomic mass is 9.98. The number of carbonyl (C=O) groups excluding carboxylic acids is 1. The first kappa shape index (κ1) is 20.9. The Balaban J connectivity index is 1.27. The van der Waals surface area contributed by atoms with Crippen molar-refractivity contribution in [3.8, 4) is 5.75 Å². The molecule has 30 heavy (non-hydrogen) atoms. The van der Waals surface area contributed by atoms with Crippen LogP contribution in [-0.2, 0) is 18.3 Å². The summed E-state index contributed by atoms with van der Waals surface area (Å²) in [5, 5.41) is 4.30. The maximum atomic E-state index is 12.9. The number of morpholine rings is 1. The second kappa shape index (κ2) is 9.62. The number of rotatable bonds is 6. The van der Waals surface area contributed by atoms with E-state index >= 15 is 0 Å². The molecule has 2 aliphatic heterocycles. The number of amides is 1. The highest BCUT2D eigenvalue weighted by atomic mass is 16.5. The molecule has 1 aromatic carbocycles. The van der Waals surface area contributed by atoms with Crippen LogP contribution < -0.4 is 4.74 Å². The standard InChI is InChI=1S/C23H32N4O3/c1-18-14-22(25(2)24-18)23(28)27-9-3-4-20(16-27)17-30-21-7-5-19(6-8-21)15-26-10-12-29-13-11-26/h5-8,14,20H,3-4,9-13,15-17H2,1-2H3/t20-/m0/s1. The van der Waals surface area contributed by atoms with Crippen molar-refractivity contribution in [1.29, 1.82) is 0 Å². The molecule has 162 valence electrons.